The van der Waals surface area contributed by atoms with E-state index >= 15 is 0 Å². The van der Waals surface area contributed by atoms with Gasteiger partial charge in [-0.15, -0.1) is 0 Å². The van der Waals surface area contributed by atoms with Crippen molar-refractivity contribution in [2.75, 3.05) is 27.3 Å². The van der Waals surface area contributed by atoms with E-state index in [0.717, 1.165) is 27.6 Å². The van der Waals surface area contributed by atoms with E-state index in [1.807, 2.05) is 78.9 Å². The molecule has 1 fully saturated rings. The van der Waals surface area contributed by atoms with Crippen molar-refractivity contribution < 1.29 is 24.3 Å². The Kier molecular flexibility index (Phi) is 8.07. The van der Waals surface area contributed by atoms with Crippen molar-refractivity contribution >= 4 is 28.3 Å². The molecule has 40 heavy (non-hydrogen) atoms. The highest BCUT2D eigenvalue weighted by Crippen LogP contribution is 2.30. The predicted molar refractivity (Wildman–Crippen MR) is 154 cm³/mol. The minimum atomic E-state index is -0.895. The maximum atomic E-state index is 13.5. The number of oxime groups is 1. The molecule has 0 saturated carbocycles. The van der Waals surface area contributed by atoms with Crippen LogP contribution >= 0.6 is 0 Å². The number of aliphatic hydroxyl groups is 1. The molecule has 0 aromatic heterocycles. The predicted octanol–water partition coefficient (Wildman–Crippen LogP) is 4.58. The highest BCUT2D eigenvalue weighted by Gasteiger charge is 2.38. The summed E-state index contributed by atoms with van der Waals surface area (Å²) in [4.78, 5) is 33.2. The fourth-order valence-corrected chi connectivity index (χ4v) is 5.04. The van der Waals surface area contributed by atoms with Gasteiger partial charge in [0.25, 0.3) is 5.91 Å². The summed E-state index contributed by atoms with van der Waals surface area (Å²) >= 11 is 0. The van der Waals surface area contributed by atoms with E-state index in [1.165, 1.54) is 12.0 Å². The summed E-state index contributed by atoms with van der Waals surface area (Å²) in [6.45, 7) is 0.187. The van der Waals surface area contributed by atoms with Gasteiger partial charge in [-0.1, -0.05) is 71.9 Å². The number of hydrogen-bond donors (Lipinski definition) is 2. The molecule has 2 N–H and O–H groups in total. The van der Waals surface area contributed by atoms with E-state index in [1.54, 1.807) is 19.2 Å². The molecule has 1 saturated heterocycles. The standard InChI is InChI=1S/C32H31N3O5/c1-39-30-10-6-5-9-27(30)22-12-14-23(15-13-22)32(38)35-20-26(34-40-2)18-28(35)31(37)33-19-29(36)25-16-11-21-7-3-4-8-24(21)17-25/h3-17,28-29,36H,18-20H2,1-2H3,(H,33,37)/t28-,29?/m0/s1. The first-order valence-electron chi connectivity index (χ1n) is 13.1. The number of hydrogen-bond acceptors (Lipinski definition) is 6. The molecule has 1 aliphatic heterocycles. The molecule has 2 amide bonds. The van der Waals surface area contributed by atoms with Crippen LogP contribution in [0.25, 0.3) is 21.9 Å². The van der Waals surface area contributed by atoms with E-state index in [9.17, 15) is 14.7 Å². The Morgan fingerprint density at radius 1 is 0.975 bits per heavy atom. The van der Waals surface area contributed by atoms with Crippen LogP contribution in [0.4, 0.5) is 0 Å². The second-order valence-corrected chi connectivity index (χ2v) is 9.64. The van der Waals surface area contributed by atoms with Crippen LogP contribution in [-0.2, 0) is 9.63 Å². The zero-order valence-electron chi connectivity index (χ0n) is 22.4. The number of carbonyl (C=O) groups excluding carboxylic acids is 2. The molecule has 4 aromatic rings. The molecule has 5 rings (SSSR count). The molecule has 8 nitrogen and oxygen atoms in total. The normalized spacial score (nSPS) is 16.6. The molecule has 0 aliphatic carbocycles. The first kappa shape index (κ1) is 26.9. The lowest BCUT2D eigenvalue weighted by Gasteiger charge is -2.24. The molecular formula is C32H31N3O5. The van der Waals surface area contributed by atoms with Gasteiger partial charge in [0.05, 0.1) is 25.5 Å². The number of para-hydroxylation sites is 1. The number of benzene rings is 4. The van der Waals surface area contributed by atoms with Crippen LogP contribution in [-0.4, -0.2) is 60.9 Å². The monoisotopic (exact) mass is 537 g/mol. The number of nitrogens with zero attached hydrogens (tertiary/aromatic N) is 2. The summed E-state index contributed by atoms with van der Waals surface area (Å²) in [6.07, 6.45) is -0.648. The van der Waals surface area contributed by atoms with E-state index in [0.29, 0.717) is 16.8 Å². The smallest absolute Gasteiger partial charge is 0.254 e. The highest BCUT2D eigenvalue weighted by atomic mass is 16.6. The van der Waals surface area contributed by atoms with Crippen molar-refractivity contribution in [3.05, 3.63) is 102 Å². The first-order chi connectivity index (χ1) is 19.5. The zero-order valence-corrected chi connectivity index (χ0v) is 22.4. The number of aliphatic hydroxyl groups excluding tert-OH is 1. The van der Waals surface area contributed by atoms with Crippen molar-refractivity contribution in [3.8, 4) is 16.9 Å². The van der Waals surface area contributed by atoms with E-state index < -0.39 is 12.1 Å². The second kappa shape index (κ2) is 12.0. The molecule has 204 valence electrons. The third-order valence-electron chi connectivity index (χ3n) is 7.12. The van der Waals surface area contributed by atoms with E-state index in [2.05, 4.69) is 10.5 Å². The van der Waals surface area contributed by atoms with Gasteiger partial charge in [0.1, 0.15) is 18.9 Å². The van der Waals surface area contributed by atoms with Crippen LogP contribution in [0.5, 0.6) is 5.75 Å². The average molecular weight is 538 g/mol. The van der Waals surface area contributed by atoms with Gasteiger partial charge in [-0.05, 0) is 46.2 Å². The number of fused-ring (bicyclic) bond motifs is 1. The Balaban J connectivity index is 1.30. The van der Waals surface area contributed by atoms with Crippen LogP contribution in [0, 0.1) is 0 Å². The minimum Gasteiger partial charge on any atom is -0.496 e. The molecule has 2 atom stereocenters. The fraction of sp³-hybridized carbons (Fsp3) is 0.219. The van der Waals surface area contributed by atoms with Gasteiger partial charge in [-0.3, -0.25) is 9.59 Å². The third kappa shape index (κ3) is 5.67. The molecule has 4 aromatic carbocycles. The molecule has 0 spiro atoms. The topological polar surface area (TPSA) is 100 Å². The molecule has 0 bridgehead atoms. The molecule has 1 unspecified atom stereocenters. The Morgan fingerprint density at radius 3 is 2.45 bits per heavy atom. The fourth-order valence-electron chi connectivity index (χ4n) is 5.04. The Hall–Kier alpha value is -4.69. The van der Waals surface area contributed by atoms with Gasteiger partial charge in [-0.25, -0.2) is 0 Å². The molecular weight excluding hydrogens is 506 g/mol. The summed E-state index contributed by atoms with van der Waals surface area (Å²) in [7, 11) is 3.05. The highest BCUT2D eigenvalue weighted by molar-refractivity contribution is 6.05. The largest absolute Gasteiger partial charge is 0.496 e. The van der Waals surface area contributed by atoms with Gasteiger partial charge < -0.3 is 24.9 Å². The van der Waals surface area contributed by atoms with Crippen molar-refractivity contribution in [2.24, 2.45) is 5.16 Å². The lowest BCUT2D eigenvalue weighted by Crippen LogP contribution is -2.46. The quantitative estimate of drug-likeness (QED) is 0.321. The third-order valence-corrected chi connectivity index (χ3v) is 7.12. The summed E-state index contributed by atoms with van der Waals surface area (Å²) in [5, 5.41) is 19.7. The molecule has 1 heterocycles. The SMILES string of the molecule is CON=C1C[C@@H](C(=O)NCC(O)c2ccc3ccccc3c2)N(C(=O)c2ccc(-c3ccccc3OC)cc2)C1. The van der Waals surface area contributed by atoms with Crippen molar-refractivity contribution in [3.63, 3.8) is 0 Å². The van der Waals surface area contributed by atoms with E-state index in [4.69, 9.17) is 9.57 Å². The summed E-state index contributed by atoms with van der Waals surface area (Å²) < 4.78 is 5.46. The van der Waals surface area contributed by atoms with Crippen LogP contribution in [0.2, 0.25) is 0 Å². The second-order valence-electron chi connectivity index (χ2n) is 9.64. The minimum absolute atomic E-state index is 0.0140. The van der Waals surface area contributed by atoms with Crippen LogP contribution in [0.3, 0.4) is 0 Å². The molecule has 8 heteroatoms. The Morgan fingerprint density at radius 2 is 1.70 bits per heavy atom. The Labute approximate surface area is 232 Å². The number of ether oxygens (including phenoxy) is 1. The summed E-state index contributed by atoms with van der Waals surface area (Å²) in [6, 6.07) is 27.7. The average Bonchev–Trinajstić information content (AvgIpc) is 3.43. The van der Waals surface area contributed by atoms with Crippen LogP contribution in [0.1, 0.15) is 28.4 Å². The molecule has 1 aliphatic rings. The lowest BCUT2D eigenvalue weighted by atomic mass is 10.0. The lowest BCUT2D eigenvalue weighted by molar-refractivity contribution is -0.125. The number of methoxy groups -OCH3 is 1. The van der Waals surface area contributed by atoms with Crippen LogP contribution in [0.15, 0.2) is 96.2 Å². The number of amides is 2. The van der Waals surface area contributed by atoms with Gasteiger partial charge >= 0.3 is 0 Å². The maximum Gasteiger partial charge on any atom is 0.254 e. The van der Waals surface area contributed by atoms with Gasteiger partial charge in [0, 0.05) is 24.1 Å². The number of rotatable bonds is 8. The number of likely N-dealkylation sites (tertiary alicyclic amines) is 1. The summed E-state index contributed by atoms with van der Waals surface area (Å²) in [5.41, 5.74) is 3.58. The van der Waals surface area contributed by atoms with Gasteiger partial charge in [0.15, 0.2) is 0 Å². The van der Waals surface area contributed by atoms with Crippen LogP contribution < -0.4 is 10.1 Å². The van der Waals surface area contributed by atoms with Gasteiger partial charge in [0.2, 0.25) is 5.91 Å². The zero-order chi connectivity index (χ0) is 28.1. The van der Waals surface area contributed by atoms with Crippen molar-refractivity contribution in [1.29, 1.82) is 0 Å². The number of nitrogens with one attached hydrogen (secondary N) is 1. The first-order valence-corrected chi connectivity index (χ1v) is 13.1. The van der Waals surface area contributed by atoms with Crippen molar-refractivity contribution in [2.45, 2.75) is 18.6 Å². The number of carbonyl (C=O) groups is 2. The molecule has 0 radical (unpaired) electrons. The maximum absolute atomic E-state index is 13.5. The summed E-state index contributed by atoms with van der Waals surface area (Å²) in [5.74, 6) is 0.0902. The van der Waals surface area contributed by atoms with E-state index in [-0.39, 0.29) is 31.3 Å². The van der Waals surface area contributed by atoms with Gasteiger partial charge in [-0.2, -0.15) is 0 Å². The van der Waals surface area contributed by atoms with Crippen molar-refractivity contribution in [1.82, 2.24) is 10.2 Å². The Bertz CT molecular complexity index is 1550.